The minimum atomic E-state index is -0.188. The molecule has 0 unspecified atom stereocenters. The van der Waals surface area contributed by atoms with Crippen LogP contribution in [0.3, 0.4) is 0 Å². The van der Waals surface area contributed by atoms with Gasteiger partial charge in [-0.15, -0.1) is 0 Å². The minimum Gasteiger partial charge on any atom is -0.494 e. The molecule has 0 amide bonds. The summed E-state index contributed by atoms with van der Waals surface area (Å²) in [5, 5.41) is 0. The second kappa shape index (κ2) is 8.10. The van der Waals surface area contributed by atoms with Crippen molar-refractivity contribution in [3.63, 3.8) is 0 Å². The molecule has 0 heterocycles. The van der Waals surface area contributed by atoms with E-state index in [0.717, 1.165) is 11.3 Å². The second-order valence-electron chi connectivity index (χ2n) is 4.91. The Hall–Kier alpha value is -2.29. The van der Waals surface area contributed by atoms with E-state index in [0.29, 0.717) is 26.1 Å². The van der Waals surface area contributed by atoms with Crippen LogP contribution >= 0.6 is 0 Å². The zero-order valence-electron chi connectivity index (χ0n) is 12.2. The van der Waals surface area contributed by atoms with Gasteiger partial charge >= 0.3 is 5.97 Å². The topological polar surface area (TPSA) is 35.5 Å². The molecule has 0 spiro atoms. The number of hydrogen-bond donors (Lipinski definition) is 0. The highest BCUT2D eigenvalue weighted by atomic mass is 16.5. The summed E-state index contributed by atoms with van der Waals surface area (Å²) >= 11 is 0. The Morgan fingerprint density at radius 3 is 2.43 bits per heavy atom. The number of para-hydroxylation sites is 1. The van der Waals surface area contributed by atoms with Gasteiger partial charge in [0.15, 0.2) is 0 Å². The van der Waals surface area contributed by atoms with E-state index in [1.807, 2.05) is 61.5 Å². The molecule has 21 heavy (non-hydrogen) atoms. The largest absolute Gasteiger partial charge is 0.494 e. The number of hydrogen-bond acceptors (Lipinski definition) is 3. The molecule has 2 aromatic carbocycles. The van der Waals surface area contributed by atoms with Gasteiger partial charge in [0.25, 0.3) is 0 Å². The molecular formula is C18H20O3. The van der Waals surface area contributed by atoms with E-state index in [1.165, 1.54) is 5.56 Å². The van der Waals surface area contributed by atoms with Crippen LogP contribution in [0.4, 0.5) is 0 Å². The van der Waals surface area contributed by atoms with Crippen molar-refractivity contribution in [2.45, 2.75) is 26.4 Å². The zero-order chi connectivity index (χ0) is 14.9. The summed E-state index contributed by atoms with van der Waals surface area (Å²) in [5.74, 6) is 0.637. The third-order valence-electron chi connectivity index (χ3n) is 3.06. The van der Waals surface area contributed by atoms with E-state index < -0.39 is 0 Å². The van der Waals surface area contributed by atoms with Crippen LogP contribution in [0, 0.1) is 6.92 Å². The van der Waals surface area contributed by atoms with Crippen LogP contribution in [0.15, 0.2) is 54.6 Å². The van der Waals surface area contributed by atoms with Crippen molar-refractivity contribution < 1.29 is 14.3 Å². The normalized spacial score (nSPS) is 10.1. The molecule has 0 bridgehead atoms. The Balaban J connectivity index is 1.60. The predicted octanol–water partition coefficient (Wildman–Crippen LogP) is 3.90. The predicted molar refractivity (Wildman–Crippen MR) is 82.1 cm³/mol. The Kier molecular flexibility index (Phi) is 5.83. The van der Waals surface area contributed by atoms with Crippen molar-refractivity contribution >= 4 is 5.97 Å². The van der Waals surface area contributed by atoms with Crippen LogP contribution in [0.2, 0.25) is 0 Å². The van der Waals surface area contributed by atoms with Gasteiger partial charge in [-0.05, 0) is 31.0 Å². The average Bonchev–Trinajstić information content (AvgIpc) is 2.52. The highest BCUT2D eigenvalue weighted by Crippen LogP contribution is 2.09. The van der Waals surface area contributed by atoms with E-state index in [-0.39, 0.29) is 5.97 Å². The molecule has 3 nitrogen and oxygen atoms in total. The van der Waals surface area contributed by atoms with Gasteiger partial charge in [-0.2, -0.15) is 0 Å². The molecule has 0 N–H and O–H groups in total. The first-order valence-corrected chi connectivity index (χ1v) is 7.13. The molecule has 0 fully saturated rings. The molecule has 0 aromatic heterocycles. The smallest absolute Gasteiger partial charge is 0.306 e. The molecule has 0 atom stereocenters. The van der Waals surface area contributed by atoms with Crippen LogP contribution in [0.5, 0.6) is 5.75 Å². The Bertz CT molecular complexity index is 546. The van der Waals surface area contributed by atoms with Crippen molar-refractivity contribution in [2.75, 3.05) is 6.61 Å². The molecule has 2 rings (SSSR count). The Morgan fingerprint density at radius 1 is 1.00 bits per heavy atom. The number of rotatable bonds is 7. The summed E-state index contributed by atoms with van der Waals surface area (Å²) in [6.45, 7) is 2.88. The first-order valence-electron chi connectivity index (χ1n) is 7.13. The molecule has 110 valence electrons. The molecule has 3 heteroatoms. The molecule has 0 saturated heterocycles. The van der Waals surface area contributed by atoms with Crippen LogP contribution in [0.25, 0.3) is 0 Å². The summed E-state index contributed by atoms with van der Waals surface area (Å²) in [6.07, 6.45) is 1.03. The summed E-state index contributed by atoms with van der Waals surface area (Å²) in [7, 11) is 0. The SMILES string of the molecule is Cc1ccc(COC(=O)CCCOc2ccccc2)cc1. The maximum absolute atomic E-state index is 11.6. The van der Waals surface area contributed by atoms with Crippen molar-refractivity contribution in [3.05, 3.63) is 65.7 Å². The number of ether oxygens (including phenoxy) is 2. The monoisotopic (exact) mass is 284 g/mol. The van der Waals surface area contributed by atoms with E-state index in [9.17, 15) is 4.79 Å². The fourth-order valence-electron chi connectivity index (χ4n) is 1.84. The van der Waals surface area contributed by atoms with E-state index >= 15 is 0 Å². The molecule has 0 aliphatic carbocycles. The minimum absolute atomic E-state index is 0.188. The first-order chi connectivity index (χ1) is 10.2. The lowest BCUT2D eigenvalue weighted by Crippen LogP contribution is -2.07. The second-order valence-corrected chi connectivity index (χ2v) is 4.91. The third kappa shape index (κ3) is 5.69. The molecule has 0 saturated carbocycles. The third-order valence-corrected chi connectivity index (χ3v) is 3.06. The average molecular weight is 284 g/mol. The Morgan fingerprint density at radius 2 is 1.71 bits per heavy atom. The number of carbonyl (C=O) groups excluding carboxylic acids is 1. The number of aryl methyl sites for hydroxylation is 1. The van der Waals surface area contributed by atoms with Crippen molar-refractivity contribution in [1.29, 1.82) is 0 Å². The molecule has 0 aliphatic heterocycles. The van der Waals surface area contributed by atoms with Gasteiger partial charge in [-0.3, -0.25) is 4.79 Å². The lowest BCUT2D eigenvalue weighted by Gasteiger charge is -2.07. The van der Waals surface area contributed by atoms with E-state index in [1.54, 1.807) is 0 Å². The lowest BCUT2D eigenvalue weighted by atomic mass is 10.2. The van der Waals surface area contributed by atoms with Crippen molar-refractivity contribution in [1.82, 2.24) is 0 Å². The molecule has 2 aromatic rings. The summed E-state index contributed by atoms with van der Waals surface area (Å²) in [5.41, 5.74) is 2.21. The number of carbonyl (C=O) groups is 1. The Labute approximate surface area is 125 Å². The van der Waals surface area contributed by atoms with Gasteiger partial charge in [-0.1, -0.05) is 48.0 Å². The van der Waals surface area contributed by atoms with Gasteiger partial charge in [0.2, 0.25) is 0 Å². The van der Waals surface area contributed by atoms with Gasteiger partial charge < -0.3 is 9.47 Å². The van der Waals surface area contributed by atoms with Crippen LogP contribution in [-0.4, -0.2) is 12.6 Å². The standard InChI is InChI=1S/C18H20O3/c1-15-9-11-16(12-10-15)14-21-18(19)8-5-13-20-17-6-3-2-4-7-17/h2-4,6-7,9-12H,5,8,13-14H2,1H3. The van der Waals surface area contributed by atoms with Crippen LogP contribution in [-0.2, 0) is 16.1 Å². The summed E-state index contributed by atoms with van der Waals surface area (Å²) < 4.78 is 10.8. The van der Waals surface area contributed by atoms with Crippen LogP contribution < -0.4 is 4.74 Å². The highest BCUT2D eigenvalue weighted by Gasteiger charge is 2.03. The summed E-state index contributed by atoms with van der Waals surface area (Å²) in [6, 6.07) is 17.5. The number of esters is 1. The van der Waals surface area contributed by atoms with Gasteiger partial charge in [-0.25, -0.2) is 0 Å². The van der Waals surface area contributed by atoms with Crippen molar-refractivity contribution in [3.8, 4) is 5.75 Å². The maximum Gasteiger partial charge on any atom is 0.306 e. The van der Waals surface area contributed by atoms with Gasteiger partial charge in [0, 0.05) is 6.42 Å². The van der Waals surface area contributed by atoms with Gasteiger partial charge in [0.1, 0.15) is 12.4 Å². The fraction of sp³-hybridized carbons (Fsp3) is 0.278. The van der Waals surface area contributed by atoms with Crippen LogP contribution in [0.1, 0.15) is 24.0 Å². The quantitative estimate of drug-likeness (QED) is 0.571. The first kappa shape index (κ1) is 15.1. The van der Waals surface area contributed by atoms with E-state index in [4.69, 9.17) is 9.47 Å². The van der Waals surface area contributed by atoms with E-state index in [2.05, 4.69) is 0 Å². The van der Waals surface area contributed by atoms with Gasteiger partial charge in [0.05, 0.1) is 6.61 Å². The lowest BCUT2D eigenvalue weighted by molar-refractivity contribution is -0.145. The molecular weight excluding hydrogens is 264 g/mol. The zero-order valence-corrected chi connectivity index (χ0v) is 12.2. The fourth-order valence-corrected chi connectivity index (χ4v) is 1.84. The number of benzene rings is 2. The molecule has 0 aliphatic rings. The summed E-state index contributed by atoms with van der Waals surface area (Å²) in [4.78, 5) is 11.6. The van der Waals surface area contributed by atoms with Crippen molar-refractivity contribution in [2.24, 2.45) is 0 Å². The highest BCUT2D eigenvalue weighted by molar-refractivity contribution is 5.69. The maximum atomic E-state index is 11.6. The molecule has 0 radical (unpaired) electrons.